The lowest BCUT2D eigenvalue weighted by molar-refractivity contribution is -0.137. The average molecular weight is 300 g/mol. The van der Waals surface area contributed by atoms with E-state index in [4.69, 9.17) is 0 Å². The summed E-state index contributed by atoms with van der Waals surface area (Å²) in [4.78, 5) is 5.24. The molecule has 0 aliphatic heterocycles. The van der Waals surface area contributed by atoms with Crippen LogP contribution in [0.2, 0.25) is 0 Å². The molecule has 1 atom stereocenters. The number of halogens is 3. The zero-order valence-electron chi connectivity index (χ0n) is 11.2. The van der Waals surface area contributed by atoms with Gasteiger partial charge in [0.05, 0.1) is 5.56 Å². The summed E-state index contributed by atoms with van der Waals surface area (Å²) >= 11 is 1.41. The predicted octanol–water partition coefficient (Wildman–Crippen LogP) is 4.50. The van der Waals surface area contributed by atoms with E-state index in [2.05, 4.69) is 10.3 Å². The highest BCUT2D eigenvalue weighted by Crippen LogP contribution is 2.34. The van der Waals surface area contributed by atoms with E-state index < -0.39 is 11.7 Å². The molecule has 1 aromatic carbocycles. The molecule has 1 unspecified atom stereocenters. The van der Waals surface area contributed by atoms with Crippen LogP contribution in [0.3, 0.4) is 0 Å². The molecule has 0 saturated carbocycles. The fourth-order valence-corrected chi connectivity index (χ4v) is 2.79. The van der Waals surface area contributed by atoms with E-state index in [0.717, 1.165) is 23.6 Å². The number of alkyl halides is 3. The van der Waals surface area contributed by atoms with Crippen molar-refractivity contribution in [3.05, 3.63) is 40.9 Å². The summed E-state index contributed by atoms with van der Waals surface area (Å²) < 4.78 is 38.1. The van der Waals surface area contributed by atoms with Crippen LogP contribution in [0.15, 0.2) is 30.5 Å². The molecule has 2 aromatic rings. The van der Waals surface area contributed by atoms with Gasteiger partial charge < -0.3 is 5.32 Å². The van der Waals surface area contributed by atoms with E-state index in [1.165, 1.54) is 17.4 Å². The summed E-state index contributed by atoms with van der Waals surface area (Å²) in [5, 5.41) is 3.86. The van der Waals surface area contributed by atoms with Gasteiger partial charge in [-0.1, -0.05) is 19.1 Å². The summed E-state index contributed by atoms with van der Waals surface area (Å²) in [6, 6.07) is 5.42. The van der Waals surface area contributed by atoms with Crippen LogP contribution in [0.4, 0.5) is 13.2 Å². The Morgan fingerprint density at radius 3 is 2.75 bits per heavy atom. The molecule has 0 bridgehead atoms. The molecule has 0 aliphatic rings. The summed E-state index contributed by atoms with van der Waals surface area (Å²) in [5.74, 6) is 0. The lowest BCUT2D eigenvalue weighted by Gasteiger charge is -2.08. The van der Waals surface area contributed by atoms with Gasteiger partial charge in [0.2, 0.25) is 0 Å². The molecule has 0 aliphatic carbocycles. The van der Waals surface area contributed by atoms with Crippen molar-refractivity contribution in [1.82, 2.24) is 10.3 Å². The number of thiazole rings is 1. The molecule has 108 valence electrons. The van der Waals surface area contributed by atoms with Crippen molar-refractivity contribution in [3.8, 4) is 10.6 Å². The third-order valence-electron chi connectivity index (χ3n) is 2.90. The zero-order valence-corrected chi connectivity index (χ0v) is 12.0. The molecule has 0 radical (unpaired) electrons. The van der Waals surface area contributed by atoms with E-state index in [9.17, 15) is 13.2 Å². The second-order valence-electron chi connectivity index (χ2n) is 4.43. The van der Waals surface area contributed by atoms with Crippen LogP contribution in [0.25, 0.3) is 10.6 Å². The highest BCUT2D eigenvalue weighted by molar-refractivity contribution is 7.15. The summed E-state index contributed by atoms with van der Waals surface area (Å²) in [6.07, 6.45) is -2.61. The second kappa shape index (κ2) is 5.93. The van der Waals surface area contributed by atoms with Gasteiger partial charge in [-0.15, -0.1) is 11.3 Å². The molecule has 2 rings (SSSR count). The first kappa shape index (κ1) is 15.0. The third-order valence-corrected chi connectivity index (χ3v) is 4.13. The Balaban J connectivity index is 2.28. The van der Waals surface area contributed by atoms with Crippen LogP contribution >= 0.6 is 11.3 Å². The molecule has 6 heteroatoms. The summed E-state index contributed by atoms with van der Waals surface area (Å²) in [6.45, 7) is 4.84. The number of rotatable bonds is 4. The molecule has 20 heavy (non-hydrogen) atoms. The van der Waals surface area contributed by atoms with Crippen molar-refractivity contribution in [2.75, 3.05) is 6.54 Å². The number of hydrogen-bond acceptors (Lipinski definition) is 3. The van der Waals surface area contributed by atoms with Gasteiger partial charge in [0, 0.05) is 22.7 Å². The number of nitrogens with one attached hydrogen (secondary N) is 1. The maximum Gasteiger partial charge on any atom is 0.416 e. The Morgan fingerprint density at radius 1 is 1.35 bits per heavy atom. The third kappa shape index (κ3) is 3.37. The second-order valence-corrected chi connectivity index (χ2v) is 5.49. The normalized spacial score (nSPS) is 13.4. The monoisotopic (exact) mass is 300 g/mol. The van der Waals surface area contributed by atoms with Crippen LogP contribution in [0, 0.1) is 0 Å². The van der Waals surface area contributed by atoms with Crippen molar-refractivity contribution in [3.63, 3.8) is 0 Å². The smallest absolute Gasteiger partial charge is 0.310 e. The minimum Gasteiger partial charge on any atom is -0.310 e. The van der Waals surface area contributed by atoms with E-state index >= 15 is 0 Å². The highest BCUT2D eigenvalue weighted by Gasteiger charge is 2.30. The van der Waals surface area contributed by atoms with E-state index in [1.54, 1.807) is 12.3 Å². The lowest BCUT2D eigenvalue weighted by atomic mass is 10.1. The predicted molar refractivity (Wildman–Crippen MR) is 74.6 cm³/mol. The molecule has 0 fully saturated rings. The van der Waals surface area contributed by atoms with E-state index in [0.29, 0.717) is 10.6 Å². The van der Waals surface area contributed by atoms with Gasteiger partial charge in [-0.2, -0.15) is 13.2 Å². The van der Waals surface area contributed by atoms with E-state index in [-0.39, 0.29) is 6.04 Å². The first-order chi connectivity index (χ1) is 9.41. The Morgan fingerprint density at radius 2 is 2.10 bits per heavy atom. The molecule has 2 nitrogen and oxygen atoms in total. The summed E-state index contributed by atoms with van der Waals surface area (Å²) in [5.41, 5.74) is -0.147. The van der Waals surface area contributed by atoms with Crippen LogP contribution in [0.5, 0.6) is 0 Å². The van der Waals surface area contributed by atoms with Crippen molar-refractivity contribution >= 4 is 11.3 Å². The average Bonchev–Trinajstić information content (AvgIpc) is 2.88. The van der Waals surface area contributed by atoms with Crippen molar-refractivity contribution in [2.45, 2.75) is 26.1 Å². The molecule has 1 heterocycles. The fourth-order valence-electron chi connectivity index (χ4n) is 1.86. The number of aromatic nitrogens is 1. The Bertz CT molecular complexity index is 578. The largest absolute Gasteiger partial charge is 0.416 e. The van der Waals surface area contributed by atoms with Crippen LogP contribution < -0.4 is 5.32 Å². The Kier molecular flexibility index (Phi) is 4.45. The van der Waals surface area contributed by atoms with Gasteiger partial charge in [0.1, 0.15) is 5.01 Å². The van der Waals surface area contributed by atoms with Crippen LogP contribution in [-0.4, -0.2) is 11.5 Å². The first-order valence-corrected chi connectivity index (χ1v) is 7.10. The molecule has 0 spiro atoms. The van der Waals surface area contributed by atoms with Gasteiger partial charge in [0.15, 0.2) is 0 Å². The van der Waals surface area contributed by atoms with Gasteiger partial charge in [0.25, 0.3) is 0 Å². The zero-order chi connectivity index (χ0) is 14.8. The van der Waals surface area contributed by atoms with Crippen molar-refractivity contribution < 1.29 is 13.2 Å². The minimum absolute atomic E-state index is 0.150. The van der Waals surface area contributed by atoms with Gasteiger partial charge >= 0.3 is 6.18 Å². The van der Waals surface area contributed by atoms with E-state index in [1.807, 2.05) is 13.8 Å². The number of nitrogens with zero attached hydrogens (tertiary/aromatic N) is 1. The lowest BCUT2D eigenvalue weighted by Crippen LogP contribution is -2.16. The molecule has 0 amide bonds. The van der Waals surface area contributed by atoms with Crippen LogP contribution in [-0.2, 0) is 6.18 Å². The highest BCUT2D eigenvalue weighted by atomic mass is 32.1. The van der Waals surface area contributed by atoms with Gasteiger partial charge in [-0.3, -0.25) is 0 Å². The Hall–Kier alpha value is -1.40. The molecule has 0 saturated heterocycles. The van der Waals surface area contributed by atoms with Crippen molar-refractivity contribution in [1.29, 1.82) is 0 Å². The number of hydrogen-bond donors (Lipinski definition) is 1. The maximum atomic E-state index is 12.7. The minimum atomic E-state index is -4.33. The van der Waals surface area contributed by atoms with Crippen LogP contribution in [0.1, 0.15) is 30.3 Å². The fraction of sp³-hybridized carbons (Fsp3) is 0.357. The summed E-state index contributed by atoms with van der Waals surface area (Å²) in [7, 11) is 0. The Labute approximate surface area is 119 Å². The molecule has 1 aromatic heterocycles. The standard InChI is InChI=1S/C14H15F3N2S/c1-3-18-9(2)12-8-19-13(20-12)10-5-4-6-11(7-10)14(15,16)17/h4-9,18H,3H2,1-2H3. The molecular weight excluding hydrogens is 285 g/mol. The van der Waals surface area contributed by atoms with Gasteiger partial charge in [-0.25, -0.2) is 4.98 Å². The first-order valence-electron chi connectivity index (χ1n) is 6.28. The topological polar surface area (TPSA) is 24.9 Å². The SMILES string of the molecule is CCNC(C)c1cnc(-c2cccc(C(F)(F)F)c2)s1. The molecular formula is C14H15F3N2S. The maximum absolute atomic E-state index is 12.7. The molecule has 1 N–H and O–H groups in total. The quantitative estimate of drug-likeness (QED) is 0.899. The van der Waals surface area contributed by atoms with Crippen molar-refractivity contribution in [2.24, 2.45) is 0 Å². The van der Waals surface area contributed by atoms with Gasteiger partial charge in [-0.05, 0) is 25.6 Å². The number of benzene rings is 1.